The van der Waals surface area contributed by atoms with E-state index >= 15 is 0 Å². The zero-order valence-corrected chi connectivity index (χ0v) is 15.9. The summed E-state index contributed by atoms with van der Waals surface area (Å²) in [5, 5.41) is 6.92. The van der Waals surface area contributed by atoms with E-state index in [0.29, 0.717) is 41.7 Å². The summed E-state index contributed by atoms with van der Waals surface area (Å²) in [5.41, 5.74) is 0.349. The molecule has 26 heavy (non-hydrogen) atoms. The maximum atomic E-state index is 12.8. The molecule has 0 unspecified atom stereocenters. The van der Waals surface area contributed by atoms with E-state index in [1.807, 2.05) is 0 Å². The van der Waals surface area contributed by atoms with Gasteiger partial charge < -0.3 is 19.5 Å². The van der Waals surface area contributed by atoms with Crippen LogP contribution >= 0.6 is 23.2 Å². The third-order valence-corrected chi connectivity index (χ3v) is 4.20. The van der Waals surface area contributed by atoms with Crippen molar-refractivity contribution in [3.63, 3.8) is 0 Å². The molecule has 0 bridgehead atoms. The van der Waals surface area contributed by atoms with Crippen LogP contribution < -0.4 is 5.32 Å². The van der Waals surface area contributed by atoms with Crippen molar-refractivity contribution in [1.29, 1.82) is 0 Å². The number of methoxy groups -OCH3 is 1. The first-order chi connectivity index (χ1) is 12.4. The standard InChI is InChI=1S/C17H19Cl2N3O4/c1-11-8-15(21-26-11)20-16(23)10-22(6-3-7-25-2)17(24)12-4-5-13(18)14(19)9-12/h4-5,8-9H,3,6-7,10H2,1-2H3,(H,20,21,23). The Morgan fingerprint density at radius 1 is 1.27 bits per heavy atom. The Morgan fingerprint density at radius 2 is 2.04 bits per heavy atom. The number of aromatic nitrogens is 1. The monoisotopic (exact) mass is 399 g/mol. The molecule has 0 fully saturated rings. The average Bonchev–Trinajstić information content (AvgIpc) is 3.00. The van der Waals surface area contributed by atoms with Crippen molar-refractivity contribution in [2.75, 3.05) is 32.1 Å². The minimum atomic E-state index is -0.385. The Labute approximate surface area is 161 Å². The zero-order chi connectivity index (χ0) is 19.1. The second-order valence-corrected chi connectivity index (χ2v) is 6.39. The molecule has 9 heteroatoms. The molecule has 0 aliphatic carbocycles. The number of amides is 2. The quantitative estimate of drug-likeness (QED) is 0.687. The first-order valence-electron chi connectivity index (χ1n) is 7.87. The van der Waals surface area contributed by atoms with Gasteiger partial charge in [-0.3, -0.25) is 9.59 Å². The van der Waals surface area contributed by atoms with Gasteiger partial charge in [-0.15, -0.1) is 0 Å². The molecule has 0 saturated carbocycles. The van der Waals surface area contributed by atoms with Crippen molar-refractivity contribution in [3.05, 3.63) is 45.6 Å². The van der Waals surface area contributed by atoms with Gasteiger partial charge in [-0.1, -0.05) is 28.4 Å². The number of carbonyl (C=O) groups excluding carboxylic acids is 2. The SMILES string of the molecule is COCCCN(CC(=O)Nc1cc(C)on1)C(=O)c1ccc(Cl)c(Cl)c1. The number of anilines is 1. The molecule has 2 rings (SSSR count). The van der Waals surface area contributed by atoms with Gasteiger partial charge >= 0.3 is 0 Å². The van der Waals surface area contributed by atoms with Gasteiger partial charge in [0.25, 0.3) is 5.91 Å². The molecule has 2 amide bonds. The van der Waals surface area contributed by atoms with Crippen molar-refractivity contribution in [1.82, 2.24) is 10.1 Å². The summed E-state index contributed by atoms with van der Waals surface area (Å²) in [6.45, 7) is 2.38. The highest BCUT2D eigenvalue weighted by atomic mass is 35.5. The Balaban J connectivity index is 2.09. The van der Waals surface area contributed by atoms with Crippen LogP contribution in [0.5, 0.6) is 0 Å². The molecule has 2 aromatic rings. The summed E-state index contributed by atoms with van der Waals surface area (Å²) in [6, 6.07) is 6.18. The number of benzene rings is 1. The molecule has 0 saturated heterocycles. The van der Waals surface area contributed by atoms with E-state index in [9.17, 15) is 9.59 Å². The number of hydrogen-bond donors (Lipinski definition) is 1. The van der Waals surface area contributed by atoms with Crippen molar-refractivity contribution in [3.8, 4) is 0 Å². The van der Waals surface area contributed by atoms with E-state index in [1.54, 1.807) is 32.2 Å². The minimum absolute atomic E-state index is 0.144. The number of aryl methyl sites for hydroxylation is 1. The fraction of sp³-hybridized carbons (Fsp3) is 0.353. The largest absolute Gasteiger partial charge is 0.385 e. The van der Waals surface area contributed by atoms with Crippen LogP contribution in [0.1, 0.15) is 22.5 Å². The summed E-state index contributed by atoms with van der Waals surface area (Å²) < 4.78 is 9.92. The highest BCUT2D eigenvalue weighted by Crippen LogP contribution is 2.23. The molecule has 0 radical (unpaired) electrons. The molecular formula is C17H19Cl2N3O4. The lowest BCUT2D eigenvalue weighted by Gasteiger charge is -2.22. The Hall–Kier alpha value is -2.09. The van der Waals surface area contributed by atoms with Crippen LogP contribution in [-0.2, 0) is 9.53 Å². The van der Waals surface area contributed by atoms with Crippen LogP contribution in [-0.4, -0.2) is 48.7 Å². The van der Waals surface area contributed by atoms with Gasteiger partial charge in [0.15, 0.2) is 5.82 Å². The molecule has 0 aliphatic heterocycles. The summed E-state index contributed by atoms with van der Waals surface area (Å²) in [5.74, 6) is 0.158. The molecule has 140 valence electrons. The lowest BCUT2D eigenvalue weighted by Crippen LogP contribution is -2.39. The first kappa shape index (κ1) is 20.2. The highest BCUT2D eigenvalue weighted by Gasteiger charge is 2.20. The second-order valence-electron chi connectivity index (χ2n) is 5.57. The molecule has 1 aromatic heterocycles. The van der Waals surface area contributed by atoms with Gasteiger partial charge in [-0.05, 0) is 31.5 Å². The van der Waals surface area contributed by atoms with Gasteiger partial charge in [0, 0.05) is 31.9 Å². The summed E-state index contributed by atoms with van der Waals surface area (Å²) >= 11 is 11.9. The van der Waals surface area contributed by atoms with E-state index in [0.717, 1.165) is 0 Å². The number of ether oxygens (including phenoxy) is 1. The van der Waals surface area contributed by atoms with Crippen molar-refractivity contribution in [2.24, 2.45) is 0 Å². The molecule has 7 nitrogen and oxygen atoms in total. The molecule has 0 spiro atoms. The lowest BCUT2D eigenvalue weighted by molar-refractivity contribution is -0.117. The summed E-state index contributed by atoms with van der Waals surface area (Å²) in [6.07, 6.45) is 0.583. The van der Waals surface area contributed by atoms with E-state index < -0.39 is 0 Å². The lowest BCUT2D eigenvalue weighted by atomic mass is 10.2. The summed E-state index contributed by atoms with van der Waals surface area (Å²) in [7, 11) is 1.57. The number of nitrogens with one attached hydrogen (secondary N) is 1. The van der Waals surface area contributed by atoms with E-state index in [1.165, 1.54) is 11.0 Å². The number of halogens is 2. The smallest absolute Gasteiger partial charge is 0.254 e. The molecular weight excluding hydrogens is 381 g/mol. The van der Waals surface area contributed by atoms with E-state index in [2.05, 4.69) is 10.5 Å². The number of hydrogen-bond acceptors (Lipinski definition) is 5. The summed E-state index contributed by atoms with van der Waals surface area (Å²) in [4.78, 5) is 26.4. The third kappa shape index (κ3) is 5.72. The van der Waals surface area contributed by atoms with Crippen LogP contribution in [0.15, 0.2) is 28.8 Å². The molecule has 1 aromatic carbocycles. The van der Waals surface area contributed by atoms with E-state index in [-0.39, 0.29) is 23.4 Å². The predicted octanol–water partition coefficient (Wildman–Crippen LogP) is 3.41. The number of carbonyl (C=O) groups is 2. The van der Waals surface area contributed by atoms with Crippen molar-refractivity contribution in [2.45, 2.75) is 13.3 Å². The fourth-order valence-electron chi connectivity index (χ4n) is 2.24. The maximum Gasteiger partial charge on any atom is 0.254 e. The average molecular weight is 400 g/mol. The van der Waals surface area contributed by atoms with Gasteiger partial charge in [-0.25, -0.2) is 0 Å². The van der Waals surface area contributed by atoms with Gasteiger partial charge in [-0.2, -0.15) is 0 Å². The van der Waals surface area contributed by atoms with Crippen LogP contribution in [0.3, 0.4) is 0 Å². The van der Waals surface area contributed by atoms with Gasteiger partial charge in [0.2, 0.25) is 5.91 Å². The molecule has 1 heterocycles. The fourth-order valence-corrected chi connectivity index (χ4v) is 2.54. The topological polar surface area (TPSA) is 84.7 Å². The number of nitrogens with zero attached hydrogens (tertiary/aromatic N) is 2. The second kappa shape index (κ2) is 9.56. The van der Waals surface area contributed by atoms with Crippen LogP contribution in [0, 0.1) is 6.92 Å². The Kier molecular flexibility index (Phi) is 7.44. The predicted molar refractivity (Wildman–Crippen MR) is 98.7 cm³/mol. The van der Waals surface area contributed by atoms with E-state index in [4.69, 9.17) is 32.5 Å². The van der Waals surface area contributed by atoms with Crippen LogP contribution in [0.4, 0.5) is 5.82 Å². The van der Waals surface area contributed by atoms with Crippen LogP contribution in [0.2, 0.25) is 10.0 Å². The van der Waals surface area contributed by atoms with Crippen LogP contribution in [0.25, 0.3) is 0 Å². The Bertz CT molecular complexity index is 779. The number of rotatable bonds is 8. The highest BCUT2D eigenvalue weighted by molar-refractivity contribution is 6.42. The zero-order valence-electron chi connectivity index (χ0n) is 14.4. The third-order valence-electron chi connectivity index (χ3n) is 3.46. The molecule has 0 atom stereocenters. The normalized spacial score (nSPS) is 10.6. The minimum Gasteiger partial charge on any atom is -0.385 e. The molecule has 1 N–H and O–H groups in total. The van der Waals surface area contributed by atoms with Crippen molar-refractivity contribution >= 4 is 40.8 Å². The van der Waals surface area contributed by atoms with Gasteiger partial charge in [0.1, 0.15) is 12.3 Å². The van der Waals surface area contributed by atoms with Gasteiger partial charge in [0.05, 0.1) is 10.0 Å². The first-order valence-corrected chi connectivity index (χ1v) is 8.62. The molecule has 0 aliphatic rings. The maximum absolute atomic E-state index is 12.8. The van der Waals surface area contributed by atoms with Crippen molar-refractivity contribution < 1.29 is 18.8 Å². The Morgan fingerprint density at radius 3 is 2.65 bits per heavy atom.